The number of urea groups is 1. The Balaban J connectivity index is 1.37. The average molecular weight is 585 g/mol. The van der Waals surface area contributed by atoms with Crippen molar-refractivity contribution >= 4 is 35.2 Å². The van der Waals surface area contributed by atoms with Crippen molar-refractivity contribution in [3.05, 3.63) is 90.0 Å². The van der Waals surface area contributed by atoms with E-state index in [-0.39, 0.29) is 24.4 Å². The van der Waals surface area contributed by atoms with Gasteiger partial charge in [-0.1, -0.05) is 48.5 Å². The first-order valence-corrected chi connectivity index (χ1v) is 12.8. The maximum atomic E-state index is 13.1. The fraction of sp³-hybridized carbons (Fsp3) is 0.241. The van der Waals surface area contributed by atoms with Gasteiger partial charge in [0.25, 0.3) is 0 Å². The van der Waals surface area contributed by atoms with E-state index in [1.54, 1.807) is 24.3 Å². The number of halogens is 3. The number of nitrogens with zero attached hydrogens (tertiary/aromatic N) is 1. The van der Waals surface area contributed by atoms with Gasteiger partial charge in [-0.3, -0.25) is 14.4 Å². The Morgan fingerprint density at radius 1 is 1.00 bits per heavy atom. The summed E-state index contributed by atoms with van der Waals surface area (Å²) < 4.78 is 41.2. The third kappa shape index (κ3) is 8.46. The lowest BCUT2D eigenvalue weighted by molar-refractivity contribution is -0.274. The zero-order chi connectivity index (χ0) is 30.3. The number of benzene rings is 3. The molecule has 3 aromatic rings. The van der Waals surface area contributed by atoms with Gasteiger partial charge in [0.1, 0.15) is 5.75 Å². The summed E-state index contributed by atoms with van der Waals surface area (Å²) in [6.45, 7) is 0.328. The molecule has 1 aliphatic rings. The van der Waals surface area contributed by atoms with E-state index in [1.807, 2.05) is 30.3 Å². The molecule has 13 heteroatoms. The molecule has 0 aromatic heterocycles. The van der Waals surface area contributed by atoms with E-state index < -0.39 is 48.4 Å². The quantitative estimate of drug-likeness (QED) is 0.275. The molecule has 0 saturated carbocycles. The highest BCUT2D eigenvalue weighted by molar-refractivity contribution is 6.01. The number of carboxylic acid groups (broad SMARTS) is 1. The maximum Gasteiger partial charge on any atom is 0.573 e. The first kappa shape index (κ1) is 29.9. The monoisotopic (exact) mass is 584 g/mol. The van der Waals surface area contributed by atoms with Gasteiger partial charge in [-0.25, -0.2) is 4.79 Å². The molecular formula is C29H27F3N4O6. The minimum Gasteiger partial charge on any atom is -0.481 e. The highest BCUT2D eigenvalue weighted by Gasteiger charge is 2.36. The van der Waals surface area contributed by atoms with Gasteiger partial charge in [0, 0.05) is 30.9 Å². The van der Waals surface area contributed by atoms with Crippen LogP contribution in [0.15, 0.2) is 78.9 Å². The van der Waals surface area contributed by atoms with Crippen LogP contribution in [0, 0.1) is 5.92 Å². The normalized spacial score (nSPS) is 15.5. The number of amides is 4. The number of nitrogens with one attached hydrogen (secondary N) is 3. The molecule has 1 heterocycles. The second kappa shape index (κ2) is 13.1. The summed E-state index contributed by atoms with van der Waals surface area (Å²) in [4.78, 5) is 51.1. The third-order valence-electron chi connectivity index (χ3n) is 6.42. The summed E-state index contributed by atoms with van der Waals surface area (Å²) in [7, 11) is 0. The summed E-state index contributed by atoms with van der Waals surface area (Å²) in [5.74, 6) is -3.47. The fourth-order valence-electron chi connectivity index (χ4n) is 4.46. The summed E-state index contributed by atoms with van der Waals surface area (Å²) >= 11 is 0. The number of rotatable bonds is 10. The summed E-state index contributed by atoms with van der Waals surface area (Å²) in [5.41, 5.74) is 2.06. The standard InChI is InChI=1S/C29H27F3N4O6/c30-29(31,32)42-23-11-9-19(10-12-23)24(15-26(38)39)35-27(40)20-13-25(37)36(17-20)22-8-4-7-21(14-22)34-28(41)33-16-18-5-2-1-3-6-18/h1-12,14,20,24H,13,15-17H2,(H,35,40)(H,38,39)(H2,33,34,41). The number of carbonyl (C=O) groups is 4. The van der Waals surface area contributed by atoms with Crippen LogP contribution in [-0.2, 0) is 20.9 Å². The van der Waals surface area contributed by atoms with Gasteiger partial charge in [0.05, 0.1) is 18.4 Å². The fourth-order valence-corrected chi connectivity index (χ4v) is 4.46. The first-order chi connectivity index (χ1) is 20.0. The minimum atomic E-state index is -4.89. The van der Waals surface area contributed by atoms with Crippen molar-refractivity contribution in [3.63, 3.8) is 0 Å². The van der Waals surface area contributed by atoms with Crippen LogP contribution in [0.1, 0.15) is 30.0 Å². The van der Waals surface area contributed by atoms with E-state index in [9.17, 15) is 37.5 Å². The van der Waals surface area contributed by atoms with E-state index in [2.05, 4.69) is 20.7 Å². The molecule has 2 unspecified atom stereocenters. The molecule has 2 atom stereocenters. The van der Waals surface area contributed by atoms with E-state index in [0.29, 0.717) is 17.9 Å². The van der Waals surface area contributed by atoms with Gasteiger partial charge in [-0.15, -0.1) is 13.2 Å². The Morgan fingerprint density at radius 3 is 2.38 bits per heavy atom. The van der Waals surface area contributed by atoms with Crippen LogP contribution in [0.4, 0.5) is 29.3 Å². The Morgan fingerprint density at radius 2 is 1.71 bits per heavy atom. The lowest BCUT2D eigenvalue weighted by Crippen LogP contribution is -2.36. The van der Waals surface area contributed by atoms with Crippen LogP contribution >= 0.6 is 0 Å². The SMILES string of the molecule is O=C(O)CC(NC(=O)C1CC(=O)N(c2cccc(NC(=O)NCc3ccccc3)c2)C1)c1ccc(OC(F)(F)F)cc1. The Hall–Kier alpha value is -5.07. The molecule has 4 rings (SSSR count). The predicted molar refractivity (Wildman–Crippen MR) is 145 cm³/mol. The van der Waals surface area contributed by atoms with Crippen molar-refractivity contribution in [2.45, 2.75) is 31.8 Å². The number of ether oxygens (including phenoxy) is 1. The molecule has 1 aliphatic heterocycles. The van der Waals surface area contributed by atoms with Crippen LogP contribution < -0.4 is 25.6 Å². The molecule has 1 fully saturated rings. The highest BCUT2D eigenvalue weighted by atomic mass is 19.4. The van der Waals surface area contributed by atoms with Crippen LogP contribution in [-0.4, -0.2) is 41.8 Å². The zero-order valence-electron chi connectivity index (χ0n) is 22.1. The zero-order valence-corrected chi connectivity index (χ0v) is 22.1. The van der Waals surface area contributed by atoms with E-state index in [1.165, 1.54) is 17.0 Å². The molecule has 0 radical (unpaired) electrons. The van der Waals surface area contributed by atoms with E-state index in [4.69, 9.17) is 0 Å². The minimum absolute atomic E-state index is 0.00642. The number of carbonyl (C=O) groups excluding carboxylic acids is 3. The van der Waals surface area contributed by atoms with Crippen LogP contribution in [0.5, 0.6) is 5.75 Å². The third-order valence-corrected chi connectivity index (χ3v) is 6.42. The van der Waals surface area contributed by atoms with Crippen molar-refractivity contribution in [3.8, 4) is 5.75 Å². The van der Waals surface area contributed by atoms with Gasteiger partial charge >= 0.3 is 18.4 Å². The first-order valence-electron chi connectivity index (χ1n) is 12.8. The van der Waals surface area contributed by atoms with Gasteiger partial charge in [-0.05, 0) is 41.5 Å². The second-order valence-electron chi connectivity index (χ2n) is 9.52. The molecule has 10 nitrogen and oxygen atoms in total. The molecule has 0 aliphatic carbocycles. The van der Waals surface area contributed by atoms with Gasteiger partial charge in [-0.2, -0.15) is 0 Å². The molecule has 3 aromatic carbocycles. The predicted octanol–water partition coefficient (Wildman–Crippen LogP) is 4.59. The smallest absolute Gasteiger partial charge is 0.481 e. The van der Waals surface area contributed by atoms with Crippen LogP contribution in [0.25, 0.3) is 0 Å². The van der Waals surface area contributed by atoms with E-state index >= 15 is 0 Å². The lowest BCUT2D eigenvalue weighted by Gasteiger charge is -2.21. The van der Waals surface area contributed by atoms with Gasteiger partial charge < -0.3 is 30.7 Å². The summed E-state index contributed by atoms with van der Waals surface area (Å²) in [6.07, 6.45) is -5.56. The summed E-state index contributed by atoms with van der Waals surface area (Å²) in [5, 5.41) is 17.4. The van der Waals surface area contributed by atoms with Crippen LogP contribution in [0.2, 0.25) is 0 Å². The second-order valence-corrected chi connectivity index (χ2v) is 9.52. The molecule has 4 amide bonds. The topological polar surface area (TPSA) is 137 Å². The van der Waals surface area contributed by atoms with Crippen molar-refractivity contribution in [1.82, 2.24) is 10.6 Å². The van der Waals surface area contributed by atoms with Gasteiger partial charge in [0.15, 0.2) is 0 Å². The molecule has 1 saturated heterocycles. The Labute approximate surface area is 238 Å². The maximum absolute atomic E-state index is 13.1. The largest absolute Gasteiger partial charge is 0.573 e. The number of carboxylic acids is 1. The number of aliphatic carboxylic acids is 1. The number of hydrogen-bond donors (Lipinski definition) is 4. The number of alkyl halides is 3. The van der Waals surface area contributed by atoms with Gasteiger partial charge in [0.2, 0.25) is 11.8 Å². The lowest BCUT2D eigenvalue weighted by atomic mass is 10.0. The molecule has 0 spiro atoms. The molecule has 0 bridgehead atoms. The molecule has 4 N–H and O–H groups in total. The van der Waals surface area contributed by atoms with Crippen molar-refractivity contribution in [2.24, 2.45) is 5.92 Å². The number of hydrogen-bond acceptors (Lipinski definition) is 5. The van der Waals surface area contributed by atoms with E-state index in [0.717, 1.165) is 17.7 Å². The highest BCUT2D eigenvalue weighted by Crippen LogP contribution is 2.29. The van der Waals surface area contributed by atoms with Crippen molar-refractivity contribution < 1.29 is 42.2 Å². The molecule has 220 valence electrons. The molecule has 42 heavy (non-hydrogen) atoms. The van der Waals surface area contributed by atoms with Crippen LogP contribution in [0.3, 0.4) is 0 Å². The Bertz CT molecular complexity index is 1430. The molecular weight excluding hydrogens is 557 g/mol. The van der Waals surface area contributed by atoms with Crippen molar-refractivity contribution in [1.29, 1.82) is 0 Å². The average Bonchev–Trinajstić information content (AvgIpc) is 3.33. The van der Waals surface area contributed by atoms with Crippen molar-refractivity contribution in [2.75, 3.05) is 16.8 Å². The summed E-state index contributed by atoms with van der Waals surface area (Å²) in [6, 6.07) is 18.9. The number of anilines is 2. The Kier molecular flexibility index (Phi) is 9.30.